The van der Waals surface area contributed by atoms with E-state index < -0.39 is 4.92 Å². The Morgan fingerprint density at radius 1 is 1.42 bits per heavy atom. The third kappa shape index (κ3) is 3.75. The molecule has 0 aliphatic rings. The molecule has 24 heavy (non-hydrogen) atoms. The van der Waals surface area contributed by atoms with Gasteiger partial charge in [-0.2, -0.15) is 0 Å². The van der Waals surface area contributed by atoms with Gasteiger partial charge in [-0.05, 0) is 22.4 Å². The number of pyridine rings is 2. The van der Waals surface area contributed by atoms with Gasteiger partial charge >= 0.3 is 5.82 Å². The van der Waals surface area contributed by atoms with E-state index in [0.717, 1.165) is 0 Å². The maximum atomic E-state index is 11.1. The molecule has 2 aromatic heterocycles. The van der Waals surface area contributed by atoms with Crippen molar-refractivity contribution in [1.29, 1.82) is 0 Å². The molecule has 1 amide bonds. The van der Waals surface area contributed by atoms with Gasteiger partial charge in [-0.15, -0.1) is 0 Å². The van der Waals surface area contributed by atoms with Crippen molar-refractivity contribution in [3.05, 3.63) is 40.2 Å². The highest BCUT2D eigenvalue weighted by atomic mass is 16.6. The average molecular weight is 331 g/mol. The third-order valence-corrected chi connectivity index (χ3v) is 3.17. The number of carbonyl (C=O) groups is 1. The Kier molecular flexibility index (Phi) is 5.25. The number of anilines is 2. The zero-order valence-electron chi connectivity index (χ0n) is 13.5. The van der Waals surface area contributed by atoms with E-state index in [4.69, 9.17) is 4.74 Å². The summed E-state index contributed by atoms with van der Waals surface area (Å²) < 4.78 is 5.78. The maximum absolute atomic E-state index is 11.1. The Bertz CT molecular complexity index is 778. The van der Waals surface area contributed by atoms with E-state index in [1.54, 1.807) is 19.2 Å². The van der Waals surface area contributed by atoms with Crippen LogP contribution in [0.1, 0.15) is 19.4 Å². The number of amides is 1. The second-order valence-corrected chi connectivity index (χ2v) is 4.82. The van der Waals surface area contributed by atoms with E-state index in [2.05, 4.69) is 20.6 Å². The number of ether oxygens (including phenoxy) is 1. The quantitative estimate of drug-likeness (QED) is 0.617. The zero-order valence-corrected chi connectivity index (χ0v) is 13.5. The minimum atomic E-state index is -0.546. The first-order valence-corrected chi connectivity index (χ1v) is 7.21. The fourth-order valence-electron chi connectivity index (χ4n) is 2.21. The van der Waals surface area contributed by atoms with Crippen molar-refractivity contribution in [2.24, 2.45) is 0 Å². The topological polar surface area (TPSA) is 119 Å². The minimum absolute atomic E-state index is 0.247. The van der Waals surface area contributed by atoms with Gasteiger partial charge in [-0.25, -0.2) is 4.98 Å². The van der Waals surface area contributed by atoms with Gasteiger partial charge in [0, 0.05) is 31.8 Å². The summed E-state index contributed by atoms with van der Waals surface area (Å²) in [6, 6.07) is 3.17. The van der Waals surface area contributed by atoms with Crippen molar-refractivity contribution >= 4 is 23.2 Å². The lowest BCUT2D eigenvalue weighted by Gasteiger charge is -2.13. The molecule has 9 nitrogen and oxygen atoms in total. The normalized spacial score (nSPS) is 10.1. The molecule has 2 heterocycles. The molecule has 0 bridgehead atoms. The highest BCUT2D eigenvalue weighted by molar-refractivity contribution is 5.87. The molecule has 2 N–H and O–H groups in total. The summed E-state index contributed by atoms with van der Waals surface area (Å²) in [4.78, 5) is 29.5. The second-order valence-electron chi connectivity index (χ2n) is 4.82. The van der Waals surface area contributed by atoms with E-state index in [1.807, 2.05) is 6.92 Å². The lowest BCUT2D eigenvalue weighted by atomic mass is 10.1. The van der Waals surface area contributed by atoms with Gasteiger partial charge in [-0.1, -0.05) is 6.92 Å². The van der Waals surface area contributed by atoms with E-state index in [9.17, 15) is 14.9 Å². The number of nitro groups is 1. The van der Waals surface area contributed by atoms with Crippen LogP contribution < -0.4 is 15.4 Å². The Hall–Kier alpha value is -3.23. The van der Waals surface area contributed by atoms with E-state index in [1.165, 1.54) is 19.3 Å². The van der Waals surface area contributed by atoms with Crippen LogP contribution in [0.4, 0.5) is 17.3 Å². The SMILES string of the molecule is CCc1c(Oc2ccnc(NC(C)=O)c2)cnc([N+](=O)[O-])c1NC. The van der Waals surface area contributed by atoms with Crippen LogP contribution in [0.5, 0.6) is 11.5 Å². The highest BCUT2D eigenvalue weighted by Gasteiger charge is 2.22. The number of nitrogens with one attached hydrogen (secondary N) is 2. The summed E-state index contributed by atoms with van der Waals surface area (Å²) in [5.74, 6) is 0.675. The van der Waals surface area contributed by atoms with Crippen molar-refractivity contribution in [3.8, 4) is 11.5 Å². The van der Waals surface area contributed by atoms with Crippen LogP contribution in [0.15, 0.2) is 24.5 Å². The van der Waals surface area contributed by atoms with Crippen LogP contribution in [0.25, 0.3) is 0 Å². The van der Waals surface area contributed by atoms with Gasteiger partial charge in [0.15, 0.2) is 11.9 Å². The molecule has 2 rings (SSSR count). The summed E-state index contributed by atoms with van der Waals surface area (Å²) in [5, 5.41) is 16.4. The van der Waals surface area contributed by atoms with Crippen LogP contribution in [0, 0.1) is 10.1 Å². The van der Waals surface area contributed by atoms with Gasteiger partial charge in [0.1, 0.15) is 17.3 Å². The minimum Gasteiger partial charge on any atom is -0.453 e. The van der Waals surface area contributed by atoms with Crippen molar-refractivity contribution in [1.82, 2.24) is 9.97 Å². The molecular formula is C15H17N5O4. The largest absolute Gasteiger partial charge is 0.453 e. The molecule has 2 aromatic rings. The molecule has 0 fully saturated rings. The van der Waals surface area contributed by atoms with Crippen molar-refractivity contribution in [2.45, 2.75) is 20.3 Å². The molecule has 9 heteroatoms. The molecule has 0 saturated heterocycles. The first-order chi connectivity index (χ1) is 11.5. The van der Waals surface area contributed by atoms with E-state index in [0.29, 0.717) is 35.0 Å². The predicted octanol–water partition coefficient (Wildman–Crippen LogP) is 2.74. The van der Waals surface area contributed by atoms with Gasteiger partial charge in [0.05, 0.1) is 0 Å². The standard InChI is InChI=1S/C15H17N5O4/c1-4-11-12(8-18-15(20(22)23)14(11)16-3)24-10-5-6-17-13(7-10)19-9(2)21/h5-8,16H,4H2,1-3H3,(H,17,19,21). The van der Waals surface area contributed by atoms with Crippen molar-refractivity contribution in [3.63, 3.8) is 0 Å². The van der Waals surface area contributed by atoms with Crippen molar-refractivity contribution in [2.75, 3.05) is 17.7 Å². The number of carbonyl (C=O) groups excluding carboxylic acids is 1. The first kappa shape index (κ1) is 17.1. The number of aromatic nitrogens is 2. The summed E-state index contributed by atoms with van der Waals surface area (Å²) in [6.45, 7) is 3.24. The second kappa shape index (κ2) is 7.36. The maximum Gasteiger partial charge on any atom is 0.387 e. The summed E-state index contributed by atoms with van der Waals surface area (Å²) >= 11 is 0. The number of hydrogen-bond acceptors (Lipinski definition) is 7. The molecule has 0 radical (unpaired) electrons. The molecule has 0 aliphatic heterocycles. The molecule has 0 aromatic carbocycles. The Labute approximate surface area is 138 Å². The van der Waals surface area contributed by atoms with Gasteiger partial charge in [0.2, 0.25) is 5.91 Å². The lowest BCUT2D eigenvalue weighted by Crippen LogP contribution is -2.07. The molecule has 0 aliphatic carbocycles. The van der Waals surface area contributed by atoms with E-state index in [-0.39, 0.29) is 11.7 Å². The summed E-state index contributed by atoms with van der Waals surface area (Å²) in [7, 11) is 1.59. The molecule has 0 atom stereocenters. The molecule has 126 valence electrons. The third-order valence-electron chi connectivity index (χ3n) is 3.17. The Morgan fingerprint density at radius 3 is 2.75 bits per heavy atom. The van der Waals surface area contributed by atoms with Crippen molar-refractivity contribution < 1.29 is 14.5 Å². The molecule has 0 spiro atoms. The van der Waals surface area contributed by atoms with Crippen LogP contribution in [-0.4, -0.2) is 27.8 Å². The summed E-state index contributed by atoms with van der Waals surface area (Å²) in [6.07, 6.45) is 3.32. The monoisotopic (exact) mass is 331 g/mol. The van der Waals surface area contributed by atoms with Crippen LogP contribution >= 0.6 is 0 Å². The predicted molar refractivity (Wildman–Crippen MR) is 88.4 cm³/mol. The number of rotatable bonds is 6. The van der Waals surface area contributed by atoms with Crippen LogP contribution in [-0.2, 0) is 11.2 Å². The van der Waals surface area contributed by atoms with Gasteiger partial charge < -0.3 is 25.5 Å². The molecular weight excluding hydrogens is 314 g/mol. The average Bonchev–Trinajstić information content (AvgIpc) is 2.53. The van der Waals surface area contributed by atoms with Crippen LogP contribution in [0.3, 0.4) is 0 Å². The Morgan fingerprint density at radius 2 is 2.17 bits per heavy atom. The lowest BCUT2D eigenvalue weighted by molar-refractivity contribution is -0.388. The fraction of sp³-hybridized carbons (Fsp3) is 0.267. The molecule has 0 unspecified atom stereocenters. The van der Waals surface area contributed by atoms with Gasteiger partial charge in [0.25, 0.3) is 0 Å². The Balaban J connectivity index is 2.39. The summed E-state index contributed by atoms with van der Waals surface area (Å²) in [5.41, 5.74) is 0.952. The number of hydrogen-bond donors (Lipinski definition) is 2. The smallest absolute Gasteiger partial charge is 0.387 e. The van der Waals surface area contributed by atoms with Crippen LogP contribution in [0.2, 0.25) is 0 Å². The number of nitrogens with zero attached hydrogens (tertiary/aromatic N) is 3. The van der Waals surface area contributed by atoms with Gasteiger partial charge in [-0.3, -0.25) is 4.79 Å². The highest BCUT2D eigenvalue weighted by Crippen LogP contribution is 2.35. The zero-order chi connectivity index (χ0) is 17.7. The first-order valence-electron chi connectivity index (χ1n) is 7.21. The molecule has 0 saturated carbocycles. The van der Waals surface area contributed by atoms with E-state index >= 15 is 0 Å². The fourth-order valence-corrected chi connectivity index (χ4v) is 2.21.